The summed E-state index contributed by atoms with van der Waals surface area (Å²) in [5.41, 5.74) is 4.47. The maximum atomic E-state index is 12.6. The lowest BCUT2D eigenvalue weighted by atomic mass is 9.92. The molecule has 1 atom stereocenters. The molecule has 6 nitrogen and oxygen atoms in total. The van der Waals surface area contributed by atoms with Crippen LogP contribution in [0.4, 0.5) is 19.1 Å². The van der Waals surface area contributed by atoms with Crippen molar-refractivity contribution in [2.24, 2.45) is 5.73 Å². The Morgan fingerprint density at radius 2 is 1.84 bits per heavy atom. The van der Waals surface area contributed by atoms with E-state index in [-0.39, 0.29) is 19.0 Å². The molecule has 0 spiro atoms. The van der Waals surface area contributed by atoms with E-state index in [9.17, 15) is 18.0 Å². The molecule has 2 aromatic rings. The van der Waals surface area contributed by atoms with Crippen LogP contribution in [0, 0.1) is 0 Å². The second-order valence-corrected chi connectivity index (χ2v) is 5.51. The Balaban J connectivity index is 1.86. The quantitative estimate of drug-likeness (QED) is 0.690. The van der Waals surface area contributed by atoms with Crippen LogP contribution in [-0.4, -0.2) is 29.0 Å². The van der Waals surface area contributed by atoms with Gasteiger partial charge in [0, 0.05) is 19.3 Å². The number of aromatic nitrogens is 2. The minimum atomic E-state index is -4.54. The van der Waals surface area contributed by atoms with Gasteiger partial charge in [0.25, 0.3) is 0 Å². The predicted molar refractivity (Wildman–Crippen MR) is 86.5 cm³/mol. The van der Waals surface area contributed by atoms with Gasteiger partial charge in [-0.1, -0.05) is 30.3 Å². The van der Waals surface area contributed by atoms with E-state index in [1.165, 1.54) is 0 Å². The number of rotatable bonds is 6. The van der Waals surface area contributed by atoms with Crippen LogP contribution in [-0.2, 0) is 16.5 Å². The van der Waals surface area contributed by atoms with Crippen LogP contribution in [0.15, 0.2) is 42.6 Å². The molecule has 0 radical (unpaired) electrons. The lowest BCUT2D eigenvalue weighted by molar-refractivity contribution is -0.141. The lowest BCUT2D eigenvalue weighted by Crippen LogP contribution is -2.49. The Morgan fingerprint density at radius 1 is 1.16 bits per heavy atom. The van der Waals surface area contributed by atoms with Crippen molar-refractivity contribution < 1.29 is 18.0 Å². The fourth-order valence-corrected chi connectivity index (χ4v) is 2.05. The Bertz CT molecular complexity index is 719. The van der Waals surface area contributed by atoms with Crippen molar-refractivity contribution in [2.45, 2.75) is 18.6 Å². The number of carbonyl (C=O) groups excluding carboxylic acids is 1. The normalized spacial score (nSPS) is 13.8. The van der Waals surface area contributed by atoms with E-state index < -0.39 is 23.3 Å². The van der Waals surface area contributed by atoms with Gasteiger partial charge in [-0.25, -0.2) is 9.97 Å². The highest BCUT2D eigenvalue weighted by molar-refractivity contribution is 5.86. The highest BCUT2D eigenvalue weighted by Gasteiger charge is 2.33. The number of hydrogen-bond donors (Lipinski definition) is 3. The van der Waals surface area contributed by atoms with Gasteiger partial charge in [-0.2, -0.15) is 13.2 Å². The maximum absolute atomic E-state index is 12.6. The first-order valence-corrected chi connectivity index (χ1v) is 7.48. The molecule has 134 valence electrons. The van der Waals surface area contributed by atoms with Crippen molar-refractivity contribution in [1.82, 2.24) is 15.3 Å². The number of nitrogens with zero attached hydrogens (tertiary/aromatic N) is 2. The third-order valence-corrected chi connectivity index (χ3v) is 3.48. The molecule has 1 heterocycles. The number of carbonyl (C=O) groups is 1. The molecule has 9 heteroatoms. The molecular formula is C16H18F3N5O. The molecule has 25 heavy (non-hydrogen) atoms. The molecule has 0 bridgehead atoms. The minimum absolute atomic E-state index is 0.151. The van der Waals surface area contributed by atoms with E-state index >= 15 is 0 Å². The summed E-state index contributed by atoms with van der Waals surface area (Å²) in [5, 5.41) is 5.26. The van der Waals surface area contributed by atoms with Crippen molar-refractivity contribution >= 4 is 11.9 Å². The number of anilines is 1. The highest BCUT2D eigenvalue weighted by atomic mass is 19.4. The molecule has 2 rings (SSSR count). The first-order valence-electron chi connectivity index (χ1n) is 7.48. The van der Waals surface area contributed by atoms with E-state index in [1.54, 1.807) is 31.2 Å². The molecule has 1 aromatic carbocycles. The molecule has 0 fully saturated rings. The van der Waals surface area contributed by atoms with Crippen molar-refractivity contribution in [3.05, 3.63) is 53.9 Å². The molecule has 0 aliphatic heterocycles. The zero-order valence-corrected chi connectivity index (χ0v) is 13.5. The molecule has 0 aliphatic carbocycles. The van der Waals surface area contributed by atoms with Gasteiger partial charge < -0.3 is 16.4 Å². The number of benzene rings is 1. The average molecular weight is 353 g/mol. The maximum Gasteiger partial charge on any atom is 0.433 e. The second-order valence-electron chi connectivity index (χ2n) is 5.51. The Morgan fingerprint density at radius 3 is 2.48 bits per heavy atom. The molecule has 0 aliphatic rings. The van der Waals surface area contributed by atoms with Gasteiger partial charge in [-0.3, -0.25) is 4.79 Å². The van der Waals surface area contributed by atoms with Gasteiger partial charge in [0.15, 0.2) is 0 Å². The van der Waals surface area contributed by atoms with Crippen LogP contribution in [0.3, 0.4) is 0 Å². The Hall–Kier alpha value is -2.68. The number of alkyl halides is 3. The van der Waals surface area contributed by atoms with Gasteiger partial charge in [0.1, 0.15) is 11.2 Å². The van der Waals surface area contributed by atoms with Crippen LogP contribution in [0.2, 0.25) is 0 Å². The van der Waals surface area contributed by atoms with Crippen molar-refractivity contribution in [3.63, 3.8) is 0 Å². The molecule has 0 saturated heterocycles. The third-order valence-electron chi connectivity index (χ3n) is 3.48. The molecule has 0 saturated carbocycles. The molecule has 1 amide bonds. The molecule has 1 aromatic heterocycles. The second kappa shape index (κ2) is 7.47. The zero-order chi connectivity index (χ0) is 18.5. The summed E-state index contributed by atoms with van der Waals surface area (Å²) in [7, 11) is 0. The summed E-state index contributed by atoms with van der Waals surface area (Å²) in [6, 6.07) is 9.65. The van der Waals surface area contributed by atoms with Crippen LogP contribution >= 0.6 is 0 Å². The van der Waals surface area contributed by atoms with Gasteiger partial charge >= 0.3 is 6.18 Å². The first-order chi connectivity index (χ1) is 11.7. The monoisotopic (exact) mass is 353 g/mol. The number of nitrogens with one attached hydrogen (secondary N) is 2. The molecule has 4 N–H and O–H groups in total. The predicted octanol–water partition coefficient (Wildman–Crippen LogP) is 1.90. The van der Waals surface area contributed by atoms with Gasteiger partial charge in [-0.05, 0) is 18.6 Å². The van der Waals surface area contributed by atoms with Gasteiger partial charge in [-0.15, -0.1) is 0 Å². The summed E-state index contributed by atoms with van der Waals surface area (Å²) in [6.45, 7) is 1.89. The smallest absolute Gasteiger partial charge is 0.352 e. The first kappa shape index (κ1) is 18.7. The summed E-state index contributed by atoms with van der Waals surface area (Å²) in [6.07, 6.45) is -3.52. The zero-order valence-electron chi connectivity index (χ0n) is 13.5. The van der Waals surface area contributed by atoms with Gasteiger partial charge in [0.2, 0.25) is 11.9 Å². The average Bonchev–Trinajstić information content (AvgIpc) is 2.59. The third kappa shape index (κ3) is 4.90. The minimum Gasteiger partial charge on any atom is -0.352 e. The largest absolute Gasteiger partial charge is 0.433 e. The van der Waals surface area contributed by atoms with Crippen LogP contribution in [0.5, 0.6) is 0 Å². The topological polar surface area (TPSA) is 92.9 Å². The van der Waals surface area contributed by atoms with E-state index in [2.05, 4.69) is 20.6 Å². The van der Waals surface area contributed by atoms with E-state index in [0.717, 1.165) is 12.3 Å². The fraction of sp³-hybridized carbons (Fsp3) is 0.312. The van der Waals surface area contributed by atoms with Crippen molar-refractivity contribution in [3.8, 4) is 0 Å². The number of nitrogens with two attached hydrogens (primary N) is 1. The standard InChI is InChI=1S/C16H18F3N5O/c1-15(20,11-5-3-2-4-6-11)13(25)21-9-10-23-14-22-8-7-12(24-14)16(17,18)19/h2-8H,9-10,20H2,1H3,(H,21,25)(H,22,23,24). The van der Waals surface area contributed by atoms with Crippen molar-refractivity contribution in [1.29, 1.82) is 0 Å². The SMILES string of the molecule is CC(N)(C(=O)NCCNc1nccc(C(F)(F)F)n1)c1ccccc1. The van der Waals surface area contributed by atoms with Crippen LogP contribution in [0.1, 0.15) is 18.2 Å². The Labute approximate surface area is 142 Å². The summed E-state index contributed by atoms with van der Waals surface area (Å²) >= 11 is 0. The summed E-state index contributed by atoms with van der Waals surface area (Å²) < 4.78 is 37.7. The van der Waals surface area contributed by atoms with Crippen molar-refractivity contribution in [2.75, 3.05) is 18.4 Å². The van der Waals surface area contributed by atoms with E-state index in [4.69, 9.17) is 5.73 Å². The molecular weight excluding hydrogens is 335 g/mol. The van der Waals surface area contributed by atoms with E-state index in [0.29, 0.717) is 5.56 Å². The van der Waals surface area contributed by atoms with Crippen LogP contribution in [0.25, 0.3) is 0 Å². The van der Waals surface area contributed by atoms with E-state index in [1.807, 2.05) is 6.07 Å². The summed E-state index contributed by atoms with van der Waals surface area (Å²) in [5.74, 6) is -0.562. The number of halogens is 3. The fourth-order valence-electron chi connectivity index (χ4n) is 2.05. The number of amides is 1. The van der Waals surface area contributed by atoms with Gasteiger partial charge in [0.05, 0.1) is 0 Å². The van der Waals surface area contributed by atoms with Crippen LogP contribution < -0.4 is 16.4 Å². The lowest BCUT2D eigenvalue weighted by Gasteiger charge is -2.24. The Kier molecular flexibility index (Phi) is 5.58. The highest BCUT2D eigenvalue weighted by Crippen LogP contribution is 2.27. The summed E-state index contributed by atoms with van der Waals surface area (Å²) in [4.78, 5) is 19.3. The molecule has 1 unspecified atom stereocenters. The number of hydrogen-bond acceptors (Lipinski definition) is 5.